The van der Waals surface area contributed by atoms with Gasteiger partial charge in [0.2, 0.25) is 12.2 Å². The summed E-state index contributed by atoms with van der Waals surface area (Å²) in [5, 5.41) is 13.7. The van der Waals surface area contributed by atoms with Gasteiger partial charge < -0.3 is 24.6 Å². The zero-order chi connectivity index (χ0) is 24.7. The average molecular weight is 472 g/mol. The molecule has 7 heteroatoms. The first-order valence-electron chi connectivity index (χ1n) is 11.8. The molecule has 6 nitrogen and oxygen atoms in total. The number of nitrogens with one attached hydrogen (secondary N) is 1. The van der Waals surface area contributed by atoms with E-state index in [0.29, 0.717) is 25.1 Å². The number of fused-ring (bicyclic) bond motifs is 1. The van der Waals surface area contributed by atoms with Crippen molar-refractivity contribution in [3.63, 3.8) is 0 Å². The summed E-state index contributed by atoms with van der Waals surface area (Å²) in [4.78, 5) is 11.3. The summed E-state index contributed by atoms with van der Waals surface area (Å²) in [6, 6.07) is 12.1. The Kier molecular flexibility index (Phi) is 6.73. The van der Waals surface area contributed by atoms with E-state index in [-0.39, 0.29) is 23.2 Å². The van der Waals surface area contributed by atoms with Crippen LogP contribution in [0.4, 0.5) is 4.39 Å². The smallest absolute Gasteiger partial charge is 0.227 e. The van der Waals surface area contributed by atoms with Crippen molar-refractivity contribution in [2.24, 2.45) is 5.92 Å². The molecule has 34 heavy (non-hydrogen) atoms. The van der Waals surface area contributed by atoms with Crippen molar-refractivity contribution in [1.82, 2.24) is 5.32 Å². The maximum Gasteiger partial charge on any atom is 0.227 e. The summed E-state index contributed by atoms with van der Waals surface area (Å²) in [7, 11) is 0. The van der Waals surface area contributed by atoms with E-state index in [1.807, 2.05) is 52.0 Å². The summed E-state index contributed by atoms with van der Waals surface area (Å²) in [5.74, 6) is 0.0307. The van der Waals surface area contributed by atoms with Crippen LogP contribution in [0.2, 0.25) is 0 Å². The van der Waals surface area contributed by atoms with E-state index < -0.39 is 24.1 Å². The van der Waals surface area contributed by atoms with Crippen molar-refractivity contribution in [3.05, 3.63) is 53.8 Å². The number of hydrogen-bond donors (Lipinski definition) is 2. The molecule has 0 aliphatic carbocycles. The number of carbonyl (C=O) groups is 1. The van der Waals surface area contributed by atoms with E-state index in [1.54, 1.807) is 6.07 Å². The molecule has 0 spiro atoms. The van der Waals surface area contributed by atoms with Crippen LogP contribution >= 0.6 is 0 Å². The van der Waals surface area contributed by atoms with E-state index in [0.717, 1.165) is 16.7 Å². The van der Waals surface area contributed by atoms with Crippen LogP contribution in [0.15, 0.2) is 42.5 Å². The summed E-state index contributed by atoms with van der Waals surface area (Å²) < 4.78 is 32.7. The van der Waals surface area contributed by atoms with Gasteiger partial charge >= 0.3 is 0 Å². The van der Waals surface area contributed by atoms with Gasteiger partial charge in [-0.3, -0.25) is 4.79 Å². The Morgan fingerprint density at radius 2 is 1.94 bits per heavy atom. The molecule has 4 rings (SSSR count). The fourth-order valence-electron chi connectivity index (χ4n) is 5.06. The number of amides is 1. The number of benzene rings is 2. The topological polar surface area (TPSA) is 77.0 Å². The third-order valence-corrected chi connectivity index (χ3v) is 6.65. The number of ether oxygens (including phenoxy) is 3. The zero-order valence-electron chi connectivity index (χ0n) is 20.4. The van der Waals surface area contributed by atoms with E-state index >= 15 is 0 Å². The fraction of sp³-hybridized carbons (Fsp3) is 0.519. The van der Waals surface area contributed by atoms with Crippen LogP contribution in [0, 0.1) is 11.7 Å². The average Bonchev–Trinajstić information content (AvgIpc) is 3.08. The van der Waals surface area contributed by atoms with Gasteiger partial charge in [-0.05, 0) is 81.5 Å². The molecule has 2 fully saturated rings. The summed E-state index contributed by atoms with van der Waals surface area (Å²) in [5.41, 5.74) is 1.32. The van der Waals surface area contributed by atoms with Crippen LogP contribution in [0.1, 0.15) is 46.6 Å². The highest BCUT2D eigenvalue weighted by atomic mass is 19.1. The van der Waals surface area contributed by atoms with Crippen molar-refractivity contribution in [3.8, 4) is 16.9 Å². The van der Waals surface area contributed by atoms with Crippen LogP contribution in [-0.2, 0) is 20.7 Å². The molecule has 2 saturated heterocycles. The van der Waals surface area contributed by atoms with Crippen LogP contribution in [0.3, 0.4) is 0 Å². The summed E-state index contributed by atoms with van der Waals surface area (Å²) in [6.07, 6.45) is -0.474. The minimum Gasteiger partial charge on any atom is -0.462 e. The fourth-order valence-corrected chi connectivity index (χ4v) is 5.06. The normalized spacial score (nSPS) is 27.1. The maximum atomic E-state index is 14.0. The molecule has 184 valence electrons. The van der Waals surface area contributed by atoms with Crippen LogP contribution < -0.4 is 10.1 Å². The van der Waals surface area contributed by atoms with Gasteiger partial charge in [0.15, 0.2) is 0 Å². The molecule has 2 N–H and O–H groups in total. The van der Waals surface area contributed by atoms with Crippen molar-refractivity contribution in [1.29, 1.82) is 0 Å². The Morgan fingerprint density at radius 3 is 2.65 bits per heavy atom. The monoisotopic (exact) mass is 471 g/mol. The molecule has 2 aromatic carbocycles. The second-order valence-corrected chi connectivity index (χ2v) is 10.4. The van der Waals surface area contributed by atoms with Crippen molar-refractivity contribution in [2.45, 2.75) is 77.2 Å². The molecule has 0 aromatic heterocycles. The predicted molar refractivity (Wildman–Crippen MR) is 127 cm³/mol. The molecule has 2 aromatic rings. The highest BCUT2D eigenvalue weighted by Crippen LogP contribution is 2.46. The highest BCUT2D eigenvalue weighted by Gasteiger charge is 2.57. The second-order valence-electron chi connectivity index (χ2n) is 10.4. The van der Waals surface area contributed by atoms with Crippen LogP contribution in [-0.4, -0.2) is 47.3 Å². The summed E-state index contributed by atoms with van der Waals surface area (Å²) >= 11 is 0. The lowest BCUT2D eigenvalue weighted by atomic mass is 9.80. The molecule has 0 bridgehead atoms. The van der Waals surface area contributed by atoms with E-state index in [4.69, 9.17) is 14.2 Å². The van der Waals surface area contributed by atoms with Gasteiger partial charge in [0.25, 0.3) is 0 Å². The quantitative estimate of drug-likeness (QED) is 0.659. The Bertz CT molecular complexity index is 1050. The Hall–Kier alpha value is -2.48. The van der Waals surface area contributed by atoms with Gasteiger partial charge in [0.1, 0.15) is 17.7 Å². The molecule has 4 atom stereocenters. The summed E-state index contributed by atoms with van der Waals surface area (Å²) in [6.45, 7) is 9.69. The number of aliphatic hydroxyl groups is 1. The van der Waals surface area contributed by atoms with E-state index in [9.17, 15) is 14.3 Å². The standard InChI is InChI=1S/C27H34FNO5/c1-16(30)29-12-11-17-9-10-20(14-21(17)18-7-6-8-19(28)13-18)32-25-23-22(15-26(2,3)33-23)24(31)27(4,5)34-25/h6-10,13-14,22-25,31H,11-12,15H2,1-5H3,(H,29,30)/t22-,23+,24+,25+/m0/s1. The zero-order valence-corrected chi connectivity index (χ0v) is 20.4. The Morgan fingerprint density at radius 1 is 1.18 bits per heavy atom. The first-order valence-corrected chi connectivity index (χ1v) is 11.8. The third kappa shape index (κ3) is 5.27. The number of carbonyl (C=O) groups excluding carboxylic acids is 1. The SMILES string of the molecule is CC(=O)NCCc1ccc(O[C@@H]2OC(C)(C)[C@H](O)[C@H]3CC(C)(C)O[C@@H]23)cc1-c1cccc(F)c1. The minimum atomic E-state index is -0.792. The Balaban J connectivity index is 1.64. The van der Waals surface area contributed by atoms with Crippen molar-refractivity contribution < 1.29 is 28.5 Å². The molecule has 0 radical (unpaired) electrons. The molecular formula is C27H34FNO5. The van der Waals surface area contributed by atoms with Gasteiger partial charge in [-0.25, -0.2) is 4.39 Å². The number of aliphatic hydroxyl groups excluding tert-OH is 1. The van der Waals surface area contributed by atoms with Gasteiger partial charge in [-0.1, -0.05) is 18.2 Å². The first-order chi connectivity index (χ1) is 15.9. The second kappa shape index (κ2) is 9.29. The lowest BCUT2D eigenvalue weighted by Gasteiger charge is -2.45. The van der Waals surface area contributed by atoms with Gasteiger partial charge in [0.05, 0.1) is 17.3 Å². The predicted octanol–water partition coefficient (Wildman–Crippen LogP) is 4.23. The number of hydrogen-bond acceptors (Lipinski definition) is 5. The molecule has 1 amide bonds. The lowest BCUT2D eigenvalue weighted by molar-refractivity contribution is -0.286. The largest absolute Gasteiger partial charge is 0.462 e. The van der Waals surface area contributed by atoms with Crippen molar-refractivity contribution >= 4 is 5.91 Å². The number of halogens is 1. The molecular weight excluding hydrogens is 437 g/mol. The molecule has 0 unspecified atom stereocenters. The van der Waals surface area contributed by atoms with Crippen molar-refractivity contribution in [2.75, 3.05) is 6.54 Å². The van der Waals surface area contributed by atoms with Gasteiger partial charge in [-0.2, -0.15) is 0 Å². The van der Waals surface area contributed by atoms with E-state index in [1.165, 1.54) is 19.1 Å². The van der Waals surface area contributed by atoms with Crippen LogP contribution in [0.5, 0.6) is 5.75 Å². The maximum absolute atomic E-state index is 14.0. The van der Waals surface area contributed by atoms with E-state index in [2.05, 4.69) is 5.32 Å². The lowest BCUT2D eigenvalue weighted by Crippen LogP contribution is -2.59. The minimum absolute atomic E-state index is 0.0967. The number of rotatable bonds is 6. The van der Waals surface area contributed by atoms with Gasteiger partial charge in [0, 0.05) is 19.4 Å². The van der Waals surface area contributed by atoms with Gasteiger partial charge in [-0.15, -0.1) is 0 Å². The molecule has 2 aliphatic rings. The third-order valence-electron chi connectivity index (χ3n) is 6.65. The Labute approximate surface area is 200 Å². The molecule has 2 heterocycles. The highest BCUT2D eigenvalue weighted by molar-refractivity contribution is 5.73. The van der Waals surface area contributed by atoms with Crippen LogP contribution in [0.25, 0.3) is 11.1 Å². The first kappa shape index (κ1) is 24.6. The molecule has 2 aliphatic heterocycles. The molecule has 0 saturated carbocycles.